The molecule has 184 valence electrons. The van der Waals surface area contributed by atoms with Crippen molar-refractivity contribution in [2.45, 2.75) is 0 Å². The summed E-state index contributed by atoms with van der Waals surface area (Å²) in [4.78, 5) is 16.8. The van der Waals surface area contributed by atoms with Crippen LogP contribution in [0, 0.1) is 0 Å². The monoisotopic (exact) mass is 505 g/mol. The summed E-state index contributed by atoms with van der Waals surface area (Å²) in [7, 11) is 6.44. The number of halogens is 1. The maximum absolute atomic E-state index is 5.67. The number of benzene rings is 3. The lowest BCUT2D eigenvalue weighted by atomic mass is 10.2. The Morgan fingerprint density at radius 1 is 0.667 bits per heavy atom. The molecule has 5 aromatic rings. The molecule has 3 aromatic carbocycles. The van der Waals surface area contributed by atoms with Crippen LogP contribution >= 0.6 is 11.6 Å². The molecule has 1 N–H and O–H groups in total. The molecule has 0 bridgehead atoms. The lowest BCUT2D eigenvalue weighted by Gasteiger charge is -2.10. The molecule has 0 aliphatic rings. The zero-order valence-corrected chi connectivity index (χ0v) is 20.9. The van der Waals surface area contributed by atoms with E-state index < -0.39 is 0 Å². The van der Waals surface area contributed by atoms with Gasteiger partial charge in [-0.2, -0.15) is 0 Å². The number of hydrogen-bond acceptors (Lipinski definition) is 9. The van der Waals surface area contributed by atoms with Crippen molar-refractivity contribution in [1.29, 1.82) is 0 Å². The summed E-state index contributed by atoms with van der Waals surface area (Å²) in [5, 5.41) is 5.23. The Bertz CT molecular complexity index is 1480. The van der Waals surface area contributed by atoms with E-state index in [4.69, 9.17) is 30.5 Å². The number of nitrogens with zero attached hydrogens (tertiary/aromatic N) is 4. The molecule has 0 radical (unpaired) electrons. The van der Waals surface area contributed by atoms with Crippen LogP contribution < -0.4 is 24.3 Å². The fraction of sp³-hybridized carbons (Fsp3) is 0.154. The molecule has 2 heterocycles. The molecule has 0 atom stereocenters. The third-order valence-corrected chi connectivity index (χ3v) is 5.35. The second kappa shape index (κ2) is 11.4. The SMILES string of the molecule is COc1cc(Nc2ncc3cccc(OC)c3n2)cc(OC)c1.COc1cccc2cnc(Cl)nc12. The van der Waals surface area contributed by atoms with Crippen molar-refractivity contribution in [3.8, 4) is 23.0 Å². The maximum atomic E-state index is 5.67. The van der Waals surface area contributed by atoms with Crippen LogP contribution in [0.5, 0.6) is 23.0 Å². The van der Waals surface area contributed by atoms with Gasteiger partial charge in [0, 0.05) is 47.1 Å². The minimum absolute atomic E-state index is 0.233. The van der Waals surface area contributed by atoms with Gasteiger partial charge in [-0.1, -0.05) is 24.3 Å². The van der Waals surface area contributed by atoms with Gasteiger partial charge < -0.3 is 24.3 Å². The minimum Gasteiger partial charge on any atom is -0.497 e. The Hall–Kier alpha value is -4.37. The van der Waals surface area contributed by atoms with E-state index in [0.29, 0.717) is 28.9 Å². The number of aromatic nitrogens is 4. The van der Waals surface area contributed by atoms with Crippen LogP contribution in [0.25, 0.3) is 21.8 Å². The van der Waals surface area contributed by atoms with Crippen molar-refractivity contribution < 1.29 is 18.9 Å². The number of anilines is 2. The Morgan fingerprint density at radius 3 is 1.78 bits per heavy atom. The molecule has 0 spiro atoms. The van der Waals surface area contributed by atoms with Gasteiger partial charge in [-0.05, 0) is 23.7 Å². The highest BCUT2D eigenvalue weighted by Crippen LogP contribution is 2.29. The lowest BCUT2D eigenvalue weighted by Crippen LogP contribution is -1.99. The topological polar surface area (TPSA) is 101 Å². The van der Waals surface area contributed by atoms with E-state index in [1.807, 2.05) is 48.5 Å². The summed E-state index contributed by atoms with van der Waals surface area (Å²) in [6.45, 7) is 0. The summed E-state index contributed by atoms with van der Waals surface area (Å²) in [5.41, 5.74) is 2.27. The molecule has 0 amide bonds. The molecule has 36 heavy (non-hydrogen) atoms. The van der Waals surface area contributed by atoms with Crippen molar-refractivity contribution in [3.05, 3.63) is 72.3 Å². The van der Waals surface area contributed by atoms with Gasteiger partial charge in [-0.3, -0.25) is 0 Å². The lowest BCUT2D eigenvalue weighted by molar-refractivity contribution is 0.395. The second-order valence-corrected chi connectivity index (χ2v) is 7.69. The smallest absolute Gasteiger partial charge is 0.227 e. The van der Waals surface area contributed by atoms with Crippen molar-refractivity contribution in [2.75, 3.05) is 33.8 Å². The van der Waals surface area contributed by atoms with Crippen molar-refractivity contribution >= 4 is 45.0 Å². The van der Waals surface area contributed by atoms with E-state index in [9.17, 15) is 0 Å². The third kappa shape index (κ3) is 5.64. The fourth-order valence-electron chi connectivity index (χ4n) is 3.43. The first-order chi connectivity index (χ1) is 17.5. The van der Waals surface area contributed by atoms with E-state index in [1.54, 1.807) is 46.9 Å². The Balaban J connectivity index is 0.000000197. The molecule has 0 aliphatic heterocycles. The molecule has 0 saturated carbocycles. The zero-order valence-electron chi connectivity index (χ0n) is 20.2. The molecule has 0 fully saturated rings. The number of methoxy groups -OCH3 is 4. The molecule has 2 aromatic heterocycles. The van der Waals surface area contributed by atoms with Crippen LogP contribution in [0.1, 0.15) is 0 Å². The van der Waals surface area contributed by atoms with Crippen molar-refractivity contribution in [3.63, 3.8) is 0 Å². The van der Waals surface area contributed by atoms with Crippen molar-refractivity contribution in [1.82, 2.24) is 19.9 Å². The summed E-state index contributed by atoms with van der Waals surface area (Å²) < 4.78 is 21.0. The average molecular weight is 506 g/mol. The predicted molar refractivity (Wildman–Crippen MR) is 140 cm³/mol. The molecule has 0 unspecified atom stereocenters. The number of nitrogens with one attached hydrogen (secondary N) is 1. The molecule has 5 rings (SSSR count). The predicted octanol–water partition coefficient (Wildman–Crippen LogP) is 5.69. The Morgan fingerprint density at radius 2 is 1.22 bits per heavy atom. The van der Waals surface area contributed by atoms with E-state index in [0.717, 1.165) is 27.5 Å². The summed E-state index contributed by atoms with van der Waals surface area (Å²) >= 11 is 5.67. The number of hydrogen-bond donors (Lipinski definition) is 1. The van der Waals surface area contributed by atoms with E-state index in [1.165, 1.54) is 0 Å². The van der Waals surface area contributed by atoms with Crippen LogP contribution in [0.2, 0.25) is 5.28 Å². The molecule has 0 saturated heterocycles. The number of para-hydroxylation sites is 2. The first-order valence-electron chi connectivity index (χ1n) is 10.8. The normalized spacial score (nSPS) is 10.4. The standard InChI is InChI=1S/C17H17N3O3.C9H7ClN2O/c1-21-13-7-12(8-14(9-13)22-2)19-17-18-10-11-5-4-6-15(23-3)16(11)20-17;1-13-7-4-2-3-6-5-11-9(10)12-8(6)7/h4-10H,1-3H3,(H,18,19,20);2-5H,1H3. The summed E-state index contributed by atoms with van der Waals surface area (Å²) in [6.07, 6.45) is 3.43. The van der Waals surface area contributed by atoms with Gasteiger partial charge in [0.15, 0.2) is 0 Å². The van der Waals surface area contributed by atoms with Crippen LogP contribution in [0.3, 0.4) is 0 Å². The van der Waals surface area contributed by atoms with Gasteiger partial charge in [0.2, 0.25) is 11.2 Å². The number of fused-ring (bicyclic) bond motifs is 2. The van der Waals surface area contributed by atoms with Gasteiger partial charge in [-0.15, -0.1) is 0 Å². The summed E-state index contributed by atoms with van der Waals surface area (Å²) in [6, 6.07) is 16.8. The largest absolute Gasteiger partial charge is 0.497 e. The van der Waals surface area contributed by atoms with E-state index in [-0.39, 0.29) is 5.28 Å². The molecular weight excluding hydrogens is 482 g/mol. The molecular formula is C26H24ClN5O4. The van der Waals surface area contributed by atoms with Crippen LogP contribution in [0.15, 0.2) is 67.0 Å². The summed E-state index contributed by atoms with van der Waals surface area (Å²) in [5.74, 6) is 3.26. The first kappa shape index (κ1) is 24.7. The van der Waals surface area contributed by atoms with Crippen LogP contribution in [0.4, 0.5) is 11.6 Å². The third-order valence-electron chi connectivity index (χ3n) is 5.17. The second-order valence-electron chi connectivity index (χ2n) is 7.36. The number of rotatable bonds is 6. The first-order valence-corrected chi connectivity index (χ1v) is 11.2. The van der Waals surface area contributed by atoms with Gasteiger partial charge in [0.05, 0.1) is 28.4 Å². The zero-order chi connectivity index (χ0) is 25.5. The van der Waals surface area contributed by atoms with E-state index in [2.05, 4.69) is 25.3 Å². The van der Waals surface area contributed by atoms with Gasteiger partial charge in [0.1, 0.15) is 34.0 Å². The maximum Gasteiger partial charge on any atom is 0.227 e. The van der Waals surface area contributed by atoms with E-state index >= 15 is 0 Å². The van der Waals surface area contributed by atoms with Gasteiger partial charge in [-0.25, -0.2) is 19.9 Å². The Kier molecular flexibility index (Phi) is 7.82. The minimum atomic E-state index is 0.233. The highest BCUT2D eigenvalue weighted by atomic mass is 35.5. The van der Waals surface area contributed by atoms with Crippen LogP contribution in [-0.2, 0) is 0 Å². The number of ether oxygens (including phenoxy) is 4. The van der Waals surface area contributed by atoms with Gasteiger partial charge >= 0.3 is 0 Å². The molecule has 9 nitrogen and oxygen atoms in total. The fourth-order valence-corrected chi connectivity index (χ4v) is 3.57. The molecule has 10 heteroatoms. The average Bonchev–Trinajstić information content (AvgIpc) is 2.92. The quantitative estimate of drug-likeness (QED) is 0.291. The van der Waals surface area contributed by atoms with Gasteiger partial charge in [0.25, 0.3) is 0 Å². The highest BCUT2D eigenvalue weighted by Gasteiger charge is 2.08. The molecule has 0 aliphatic carbocycles. The Labute approximate surface area is 213 Å². The van der Waals surface area contributed by atoms with Crippen LogP contribution in [-0.4, -0.2) is 48.4 Å². The van der Waals surface area contributed by atoms with Crippen molar-refractivity contribution in [2.24, 2.45) is 0 Å². The highest BCUT2D eigenvalue weighted by molar-refractivity contribution is 6.28.